The molecule has 3 nitrogen and oxygen atoms in total. The molecule has 1 heterocycles. The second kappa shape index (κ2) is 7.18. The van der Waals surface area contributed by atoms with Crippen LogP contribution in [0.4, 0.5) is 13.2 Å². The zero-order chi connectivity index (χ0) is 12.7. The molecule has 17 heavy (non-hydrogen) atoms. The third kappa shape index (κ3) is 6.24. The Bertz CT molecular complexity index is 205. The normalized spacial score (nSPS) is 20.5. The number of alkyl halides is 3. The molecular weight excluding hydrogens is 235 g/mol. The third-order valence-corrected chi connectivity index (χ3v) is 2.86. The monoisotopic (exact) mass is 255 g/mol. The second-order valence-corrected chi connectivity index (χ2v) is 4.24. The second-order valence-electron chi connectivity index (χ2n) is 4.24. The Morgan fingerprint density at radius 1 is 1.35 bits per heavy atom. The minimum Gasteiger partial charge on any atom is -0.381 e. The van der Waals surface area contributed by atoms with Crippen LogP contribution in [0.25, 0.3) is 0 Å². The number of rotatable bonds is 6. The van der Waals surface area contributed by atoms with Crippen LogP contribution >= 0.6 is 0 Å². The Hall–Kier alpha value is -0.330. The molecule has 0 saturated carbocycles. The van der Waals surface area contributed by atoms with E-state index in [0.29, 0.717) is 19.1 Å². The third-order valence-electron chi connectivity index (χ3n) is 2.86. The van der Waals surface area contributed by atoms with Gasteiger partial charge in [0.25, 0.3) is 0 Å². The first-order valence-electron chi connectivity index (χ1n) is 5.98. The summed E-state index contributed by atoms with van der Waals surface area (Å²) in [5.41, 5.74) is 0. The highest BCUT2D eigenvalue weighted by atomic mass is 19.4. The van der Waals surface area contributed by atoms with Gasteiger partial charge in [0.15, 0.2) is 0 Å². The fourth-order valence-electron chi connectivity index (χ4n) is 2.04. The maximum absolute atomic E-state index is 12.0. The first-order valence-corrected chi connectivity index (χ1v) is 5.98. The fraction of sp³-hybridized carbons (Fsp3) is 1.00. The van der Waals surface area contributed by atoms with E-state index in [4.69, 9.17) is 9.47 Å². The van der Waals surface area contributed by atoms with E-state index in [-0.39, 0.29) is 12.6 Å². The number of likely N-dealkylation sites (N-methyl/N-ethyl adjacent to an activating group) is 1. The lowest BCUT2D eigenvalue weighted by Gasteiger charge is -2.30. The van der Waals surface area contributed by atoms with Crippen LogP contribution in [0.1, 0.15) is 19.8 Å². The fourth-order valence-corrected chi connectivity index (χ4v) is 2.04. The molecule has 1 N–H and O–H groups in total. The van der Waals surface area contributed by atoms with Gasteiger partial charge in [-0.25, -0.2) is 0 Å². The number of halogens is 3. The van der Waals surface area contributed by atoms with Gasteiger partial charge < -0.3 is 14.8 Å². The Labute approximate surface area is 99.7 Å². The van der Waals surface area contributed by atoms with Crippen molar-refractivity contribution in [3.63, 3.8) is 0 Å². The van der Waals surface area contributed by atoms with Crippen LogP contribution in [0.15, 0.2) is 0 Å². The molecule has 6 heteroatoms. The topological polar surface area (TPSA) is 30.5 Å². The van der Waals surface area contributed by atoms with Crippen molar-refractivity contribution in [1.82, 2.24) is 5.32 Å². The summed E-state index contributed by atoms with van der Waals surface area (Å²) in [5, 5.41) is 3.19. The zero-order valence-electron chi connectivity index (χ0n) is 10.1. The van der Waals surface area contributed by atoms with Crippen LogP contribution in [-0.2, 0) is 9.47 Å². The van der Waals surface area contributed by atoms with Crippen molar-refractivity contribution in [2.75, 3.05) is 33.0 Å². The summed E-state index contributed by atoms with van der Waals surface area (Å²) in [6.07, 6.45) is -2.48. The standard InChI is InChI=1S/C11H20F3NO2/c1-2-15-10(7-17-8-11(12,13)14)9-3-5-16-6-4-9/h9-10,15H,2-8H2,1H3. The Morgan fingerprint density at radius 2 is 2.00 bits per heavy atom. The van der Waals surface area contributed by atoms with Crippen LogP contribution in [0.5, 0.6) is 0 Å². The highest BCUT2D eigenvalue weighted by Gasteiger charge is 2.29. The SMILES string of the molecule is CCNC(COCC(F)(F)F)C1CCOCC1. The first kappa shape index (κ1) is 14.7. The number of hydrogen-bond donors (Lipinski definition) is 1. The Balaban J connectivity index is 2.31. The number of hydrogen-bond acceptors (Lipinski definition) is 3. The van der Waals surface area contributed by atoms with E-state index in [1.165, 1.54) is 0 Å². The molecule has 1 rings (SSSR count). The maximum atomic E-state index is 12.0. The molecule has 0 radical (unpaired) electrons. The van der Waals surface area contributed by atoms with Gasteiger partial charge in [0.1, 0.15) is 6.61 Å². The predicted octanol–water partition coefficient (Wildman–Crippen LogP) is 1.97. The molecule has 0 spiro atoms. The van der Waals surface area contributed by atoms with Gasteiger partial charge in [0.2, 0.25) is 0 Å². The van der Waals surface area contributed by atoms with E-state index < -0.39 is 12.8 Å². The van der Waals surface area contributed by atoms with Gasteiger partial charge in [0, 0.05) is 19.3 Å². The predicted molar refractivity (Wildman–Crippen MR) is 57.9 cm³/mol. The quantitative estimate of drug-likeness (QED) is 0.787. The van der Waals surface area contributed by atoms with Gasteiger partial charge >= 0.3 is 6.18 Å². The largest absolute Gasteiger partial charge is 0.411 e. The van der Waals surface area contributed by atoms with Crippen LogP contribution < -0.4 is 5.32 Å². The van der Waals surface area contributed by atoms with Gasteiger partial charge in [-0.3, -0.25) is 0 Å². The van der Waals surface area contributed by atoms with Gasteiger partial charge in [-0.15, -0.1) is 0 Å². The summed E-state index contributed by atoms with van der Waals surface area (Å²) in [4.78, 5) is 0. The number of ether oxygens (including phenoxy) is 2. The molecular formula is C11H20F3NO2. The van der Waals surface area contributed by atoms with Crippen LogP contribution in [0.3, 0.4) is 0 Å². The van der Waals surface area contributed by atoms with E-state index >= 15 is 0 Å². The zero-order valence-corrected chi connectivity index (χ0v) is 10.1. The molecule has 1 atom stereocenters. The van der Waals surface area contributed by atoms with Crippen molar-refractivity contribution in [3.05, 3.63) is 0 Å². The van der Waals surface area contributed by atoms with Gasteiger partial charge in [-0.1, -0.05) is 6.92 Å². The molecule has 0 aromatic rings. The average molecular weight is 255 g/mol. The highest BCUT2D eigenvalue weighted by Crippen LogP contribution is 2.20. The summed E-state index contributed by atoms with van der Waals surface area (Å²) in [7, 11) is 0. The van der Waals surface area contributed by atoms with Crippen molar-refractivity contribution in [1.29, 1.82) is 0 Å². The molecule has 0 aliphatic carbocycles. The maximum Gasteiger partial charge on any atom is 0.411 e. The van der Waals surface area contributed by atoms with Crippen molar-refractivity contribution in [3.8, 4) is 0 Å². The molecule has 1 fully saturated rings. The minimum absolute atomic E-state index is 0.00810. The molecule has 1 saturated heterocycles. The molecule has 0 amide bonds. The summed E-state index contributed by atoms with van der Waals surface area (Å²) in [6, 6.07) is -0.00810. The lowest BCUT2D eigenvalue weighted by molar-refractivity contribution is -0.176. The van der Waals surface area contributed by atoms with Crippen LogP contribution in [0.2, 0.25) is 0 Å². The van der Waals surface area contributed by atoms with Crippen molar-refractivity contribution < 1.29 is 22.6 Å². The van der Waals surface area contributed by atoms with E-state index in [9.17, 15) is 13.2 Å². The van der Waals surface area contributed by atoms with Crippen molar-refractivity contribution >= 4 is 0 Å². The summed E-state index contributed by atoms with van der Waals surface area (Å²) in [6.45, 7) is 2.99. The van der Waals surface area contributed by atoms with Crippen LogP contribution in [-0.4, -0.2) is 45.2 Å². The van der Waals surface area contributed by atoms with E-state index in [1.807, 2.05) is 6.92 Å². The molecule has 102 valence electrons. The average Bonchev–Trinajstić information content (AvgIpc) is 2.27. The van der Waals surface area contributed by atoms with Crippen LogP contribution in [0, 0.1) is 5.92 Å². The summed E-state index contributed by atoms with van der Waals surface area (Å²) in [5.74, 6) is 0.344. The smallest absolute Gasteiger partial charge is 0.381 e. The molecule has 0 bridgehead atoms. The van der Waals surface area contributed by atoms with E-state index in [0.717, 1.165) is 19.4 Å². The van der Waals surface area contributed by atoms with Crippen molar-refractivity contribution in [2.24, 2.45) is 5.92 Å². The summed E-state index contributed by atoms with van der Waals surface area (Å²) < 4.78 is 45.9. The lowest BCUT2D eigenvalue weighted by Crippen LogP contribution is -2.43. The molecule has 0 aromatic carbocycles. The van der Waals surface area contributed by atoms with Gasteiger partial charge in [-0.2, -0.15) is 13.2 Å². The highest BCUT2D eigenvalue weighted by molar-refractivity contribution is 4.78. The van der Waals surface area contributed by atoms with Crippen molar-refractivity contribution in [2.45, 2.75) is 32.0 Å². The Kier molecular flexibility index (Phi) is 6.22. The molecule has 1 aliphatic rings. The summed E-state index contributed by atoms with van der Waals surface area (Å²) >= 11 is 0. The van der Waals surface area contributed by atoms with Gasteiger partial charge in [-0.05, 0) is 25.3 Å². The number of nitrogens with one attached hydrogen (secondary N) is 1. The molecule has 1 unspecified atom stereocenters. The first-order chi connectivity index (χ1) is 8.03. The van der Waals surface area contributed by atoms with E-state index in [2.05, 4.69) is 5.32 Å². The molecule has 0 aromatic heterocycles. The van der Waals surface area contributed by atoms with E-state index in [1.54, 1.807) is 0 Å². The lowest BCUT2D eigenvalue weighted by atomic mass is 9.92. The van der Waals surface area contributed by atoms with Gasteiger partial charge in [0.05, 0.1) is 6.61 Å². The Morgan fingerprint density at radius 3 is 2.53 bits per heavy atom. The minimum atomic E-state index is -4.24. The molecule has 1 aliphatic heterocycles.